The van der Waals surface area contributed by atoms with Crippen LogP contribution in [0, 0.1) is 0 Å². The van der Waals surface area contributed by atoms with E-state index in [4.69, 9.17) is 0 Å². The molecule has 0 heterocycles. The summed E-state index contributed by atoms with van der Waals surface area (Å²) in [5, 5.41) is 0. The molecule has 2 rings (SSSR count). The van der Waals surface area contributed by atoms with Crippen LogP contribution in [-0.2, 0) is 21.8 Å². The Morgan fingerprint density at radius 3 is 1.79 bits per heavy atom. The maximum absolute atomic E-state index is 12.2. The molecular weight excluding hydrogens is 301 g/mol. The molecule has 0 aliphatic heterocycles. The van der Waals surface area contributed by atoms with E-state index < -0.39 is 18.8 Å². The standard InChI is InChI=1S/C8H6F3O2.C5H5.Fe/c9-6(10)7(11)13-8(12)5-3-1-2-4-5;1-2-4-5-3-1;/h1-4,6-7H;1-5H;/q-1;-5;. The molecule has 0 spiro atoms. The van der Waals surface area contributed by atoms with Crippen molar-refractivity contribution in [2.45, 2.75) is 12.8 Å². The molecule has 0 aliphatic rings. The molecule has 0 aliphatic carbocycles. The van der Waals surface area contributed by atoms with Gasteiger partial charge in [-0.2, -0.15) is 16.5 Å². The zero-order valence-corrected chi connectivity index (χ0v) is 10.8. The molecule has 1 atom stereocenters. The quantitative estimate of drug-likeness (QED) is 0.492. The normalized spacial score (nSPS) is 10.9. The molecule has 0 aromatic heterocycles. The van der Waals surface area contributed by atoms with E-state index in [0.29, 0.717) is 0 Å². The first kappa shape index (κ1) is 17.5. The van der Waals surface area contributed by atoms with Crippen LogP contribution in [0.4, 0.5) is 13.2 Å². The van der Waals surface area contributed by atoms with Crippen molar-refractivity contribution in [2.24, 2.45) is 0 Å². The summed E-state index contributed by atoms with van der Waals surface area (Å²) in [6.45, 7) is 0. The van der Waals surface area contributed by atoms with Crippen molar-refractivity contribution in [1.82, 2.24) is 0 Å². The van der Waals surface area contributed by atoms with E-state index in [2.05, 4.69) is 4.74 Å². The van der Waals surface area contributed by atoms with Gasteiger partial charge in [0.2, 0.25) is 0 Å². The van der Waals surface area contributed by atoms with E-state index in [-0.39, 0.29) is 22.6 Å². The number of rotatable bonds is 3. The Kier molecular flexibility index (Phi) is 8.66. The Morgan fingerprint density at radius 2 is 1.42 bits per heavy atom. The van der Waals surface area contributed by atoms with Gasteiger partial charge in [-0.3, -0.25) is 4.79 Å². The van der Waals surface area contributed by atoms with Crippen LogP contribution in [0.2, 0.25) is 0 Å². The molecule has 0 N–H and O–H groups in total. The van der Waals surface area contributed by atoms with Gasteiger partial charge < -0.3 is 35.1 Å². The predicted octanol–water partition coefficient (Wildman–Crippen LogP) is 3.53. The third-order valence-corrected chi connectivity index (χ3v) is 1.87. The number of alkyl halides is 3. The summed E-state index contributed by atoms with van der Waals surface area (Å²) in [5.41, 5.74) is 0.0586. The minimum absolute atomic E-state index is 0. The average Bonchev–Trinajstić information content (AvgIpc) is 3.05. The van der Waals surface area contributed by atoms with Crippen molar-refractivity contribution in [3.63, 3.8) is 0 Å². The molecule has 0 amide bonds. The monoisotopic (exact) mass is 312 g/mol. The van der Waals surface area contributed by atoms with E-state index in [1.807, 2.05) is 30.3 Å². The van der Waals surface area contributed by atoms with Crippen molar-refractivity contribution in [1.29, 1.82) is 0 Å². The summed E-state index contributed by atoms with van der Waals surface area (Å²) in [7, 11) is 0. The van der Waals surface area contributed by atoms with Crippen LogP contribution in [0.5, 0.6) is 0 Å². The van der Waals surface area contributed by atoms with Crippen LogP contribution < -0.4 is 0 Å². The second kappa shape index (κ2) is 9.41. The van der Waals surface area contributed by atoms with Crippen LogP contribution in [-0.4, -0.2) is 18.8 Å². The number of halogens is 3. The maximum atomic E-state index is 12.2. The van der Waals surface area contributed by atoms with Gasteiger partial charge in [-0.25, -0.2) is 20.9 Å². The Labute approximate surface area is 119 Å². The number of carbonyl (C=O) groups is 1. The number of esters is 1. The van der Waals surface area contributed by atoms with E-state index >= 15 is 0 Å². The molecule has 0 saturated carbocycles. The molecule has 0 saturated heterocycles. The van der Waals surface area contributed by atoms with Gasteiger partial charge in [0, 0.05) is 17.1 Å². The number of hydrogen-bond donors (Lipinski definition) is 0. The first-order chi connectivity index (χ1) is 8.61. The Morgan fingerprint density at radius 1 is 1.00 bits per heavy atom. The first-order valence-corrected chi connectivity index (χ1v) is 5.13. The molecule has 1 unspecified atom stereocenters. The molecule has 19 heavy (non-hydrogen) atoms. The third-order valence-electron chi connectivity index (χ3n) is 1.87. The van der Waals surface area contributed by atoms with Crippen LogP contribution in [0.15, 0.2) is 54.6 Å². The van der Waals surface area contributed by atoms with Crippen molar-refractivity contribution < 1.29 is 39.8 Å². The fourth-order valence-corrected chi connectivity index (χ4v) is 1.05. The first-order valence-electron chi connectivity index (χ1n) is 5.13. The largest absolute Gasteiger partial charge is 0.748 e. The minimum atomic E-state index is -3.31. The number of ether oxygens (including phenoxy) is 1. The third kappa shape index (κ3) is 6.84. The average molecular weight is 312 g/mol. The van der Waals surface area contributed by atoms with Gasteiger partial charge >= 0.3 is 12.8 Å². The second-order valence-corrected chi connectivity index (χ2v) is 3.23. The summed E-state index contributed by atoms with van der Waals surface area (Å²) >= 11 is 0. The van der Waals surface area contributed by atoms with Crippen LogP contribution >= 0.6 is 0 Å². The van der Waals surface area contributed by atoms with Crippen LogP contribution in [0.25, 0.3) is 0 Å². The summed E-state index contributed by atoms with van der Waals surface area (Å²) in [5.74, 6) is -1.09. The van der Waals surface area contributed by atoms with E-state index in [1.165, 1.54) is 24.3 Å². The molecule has 2 nitrogen and oxygen atoms in total. The molecule has 0 radical (unpaired) electrons. The SMILES string of the molecule is O=C(OC(F)C(F)F)[c-]1cccc1.[Fe].[cH-]1[cH-][cH-][cH-][cH-]1. The van der Waals surface area contributed by atoms with Gasteiger partial charge in [-0.15, -0.1) is 0 Å². The zero-order chi connectivity index (χ0) is 13.4. The fourth-order valence-electron chi connectivity index (χ4n) is 1.05. The van der Waals surface area contributed by atoms with Gasteiger partial charge in [0.05, 0.1) is 0 Å². The molecule has 2 aromatic carbocycles. The zero-order valence-electron chi connectivity index (χ0n) is 9.65. The van der Waals surface area contributed by atoms with Crippen molar-refractivity contribution in [3.8, 4) is 0 Å². The van der Waals surface area contributed by atoms with Crippen LogP contribution in [0.1, 0.15) is 10.4 Å². The Hall–Kier alpha value is -1.52. The molecular formula is C13H11F3FeO2-6. The predicted molar refractivity (Wildman–Crippen MR) is 60.4 cm³/mol. The summed E-state index contributed by atoms with van der Waals surface area (Å²) in [6, 6.07) is 15.7. The molecule has 6 heteroatoms. The second-order valence-electron chi connectivity index (χ2n) is 3.23. The Balaban J connectivity index is 0.000000454. The molecule has 0 bridgehead atoms. The topological polar surface area (TPSA) is 26.3 Å². The summed E-state index contributed by atoms with van der Waals surface area (Å²) in [4.78, 5) is 10.8. The molecule has 0 fully saturated rings. The van der Waals surface area contributed by atoms with E-state index in [1.54, 1.807) is 0 Å². The maximum Gasteiger partial charge on any atom is 0.304 e. The van der Waals surface area contributed by atoms with Crippen molar-refractivity contribution in [3.05, 3.63) is 60.2 Å². The van der Waals surface area contributed by atoms with Crippen molar-refractivity contribution in [2.75, 3.05) is 0 Å². The number of hydrogen-bond acceptors (Lipinski definition) is 2. The van der Waals surface area contributed by atoms with Gasteiger partial charge in [0.15, 0.2) is 0 Å². The van der Waals surface area contributed by atoms with E-state index in [0.717, 1.165) is 0 Å². The van der Waals surface area contributed by atoms with E-state index in [9.17, 15) is 18.0 Å². The smallest absolute Gasteiger partial charge is 0.304 e. The fraction of sp³-hybridized carbons (Fsp3) is 0.154. The summed E-state index contributed by atoms with van der Waals surface area (Å²) in [6.07, 6.45) is -6.17. The number of carbonyl (C=O) groups excluding carboxylic acids is 1. The van der Waals surface area contributed by atoms with Crippen molar-refractivity contribution >= 4 is 5.97 Å². The van der Waals surface area contributed by atoms with Gasteiger partial charge in [-0.1, -0.05) is 5.56 Å². The molecule has 2 aromatic rings. The molecule has 110 valence electrons. The van der Waals surface area contributed by atoms with Gasteiger partial charge in [0.1, 0.15) is 0 Å². The van der Waals surface area contributed by atoms with Crippen LogP contribution in [0.3, 0.4) is 0 Å². The summed E-state index contributed by atoms with van der Waals surface area (Å²) < 4.78 is 39.1. The Bertz CT molecular complexity index is 409. The minimum Gasteiger partial charge on any atom is -0.748 e. The van der Waals surface area contributed by atoms with Gasteiger partial charge in [0.25, 0.3) is 5.97 Å². The van der Waals surface area contributed by atoms with Gasteiger partial charge in [-0.05, 0) is 0 Å².